The lowest BCUT2D eigenvalue weighted by Gasteiger charge is -2.29. The van der Waals surface area contributed by atoms with Gasteiger partial charge in [0, 0.05) is 27.8 Å². The summed E-state index contributed by atoms with van der Waals surface area (Å²) < 4.78 is 0. The van der Waals surface area contributed by atoms with Crippen molar-refractivity contribution < 1.29 is 7.65 Å². The molecule has 0 amide bonds. The summed E-state index contributed by atoms with van der Waals surface area (Å²) in [6.45, 7) is 1.97. The third-order valence-corrected chi connectivity index (χ3v) is 6.91. The quantitative estimate of drug-likeness (QED) is 0.387. The van der Waals surface area contributed by atoms with Crippen molar-refractivity contribution >= 4 is 11.9 Å². The van der Waals surface area contributed by atoms with E-state index in [1.807, 2.05) is 13.1 Å². The van der Waals surface area contributed by atoms with Crippen LogP contribution in [0.4, 0.5) is 0 Å². The second-order valence-electron chi connectivity index (χ2n) is 9.35. The fourth-order valence-corrected chi connectivity index (χ4v) is 5.15. The molecule has 2 heteroatoms. The van der Waals surface area contributed by atoms with Crippen molar-refractivity contribution in [1.82, 2.24) is 4.98 Å². The highest BCUT2D eigenvalue weighted by molar-refractivity contribution is 5.78. The minimum atomic E-state index is 0. The molecule has 2 aromatic carbocycles. The molecule has 2 nitrogen and oxygen atoms in total. The second-order valence-corrected chi connectivity index (χ2v) is 9.35. The van der Waals surface area contributed by atoms with E-state index in [2.05, 4.69) is 83.9 Å². The van der Waals surface area contributed by atoms with Crippen LogP contribution in [0.3, 0.4) is 0 Å². The molecule has 0 spiro atoms. The highest BCUT2D eigenvalue weighted by Crippen LogP contribution is 2.40. The normalized spacial score (nSPS) is 18.8. The molecule has 0 bridgehead atoms. The van der Waals surface area contributed by atoms with Crippen LogP contribution < -0.4 is 0 Å². The summed E-state index contributed by atoms with van der Waals surface area (Å²) in [5.41, 5.74) is 6.80. The first-order valence-electron chi connectivity index (χ1n) is 12.5. The number of allylic oxidation sites excluding steroid dienone is 1. The molecule has 0 N–H and O–H groups in total. The maximum atomic E-state index is 11.7. The Bertz CT molecular complexity index is 1030. The minimum Gasteiger partial charge on any atom is -0.300 e. The van der Waals surface area contributed by atoms with Crippen LogP contribution in [0, 0.1) is 5.92 Å². The Kier molecular flexibility index (Phi) is 8.24. The molecule has 33 heavy (non-hydrogen) atoms. The van der Waals surface area contributed by atoms with Crippen molar-refractivity contribution in [2.45, 2.75) is 64.2 Å². The van der Waals surface area contributed by atoms with Gasteiger partial charge in [-0.3, -0.25) is 9.78 Å². The number of hydrogen-bond donors (Lipinski definition) is 0. The fourth-order valence-electron chi connectivity index (χ4n) is 5.15. The van der Waals surface area contributed by atoms with Crippen molar-refractivity contribution in [1.29, 1.82) is 0 Å². The molecular weight excluding hydrogens is 402 g/mol. The largest absolute Gasteiger partial charge is 0.300 e. The van der Waals surface area contributed by atoms with Gasteiger partial charge in [-0.05, 0) is 66.3 Å². The van der Waals surface area contributed by atoms with E-state index in [0.29, 0.717) is 24.0 Å². The zero-order valence-electron chi connectivity index (χ0n) is 19.7. The van der Waals surface area contributed by atoms with Crippen LogP contribution in [-0.2, 0) is 17.6 Å². The second kappa shape index (κ2) is 11.7. The number of hydrogen-bond acceptors (Lipinski definition) is 2. The van der Waals surface area contributed by atoms with Gasteiger partial charge in [0.25, 0.3) is 0 Å². The lowest BCUT2D eigenvalue weighted by Crippen LogP contribution is -2.18. The molecule has 2 aliphatic rings. The maximum Gasteiger partial charge on any atom is 0.132 e. The molecule has 5 rings (SSSR count). The number of ketones is 1. The number of Topliss-reactive ketones (excluding diaryl/α,β-unsaturated/α-hetero) is 1. The van der Waals surface area contributed by atoms with Crippen LogP contribution in [0.5, 0.6) is 0 Å². The molecule has 1 fully saturated rings. The summed E-state index contributed by atoms with van der Waals surface area (Å²) >= 11 is 0. The molecule has 174 valence electrons. The van der Waals surface area contributed by atoms with Crippen LogP contribution in [0.25, 0.3) is 6.08 Å². The van der Waals surface area contributed by atoms with Crippen LogP contribution in [0.2, 0.25) is 0 Å². The molecule has 1 unspecified atom stereocenters. The molecule has 3 aromatic rings. The minimum absolute atomic E-state index is 0. The molecule has 0 saturated heterocycles. The molecule has 2 atom stereocenters. The van der Waals surface area contributed by atoms with Crippen molar-refractivity contribution in [2.24, 2.45) is 5.92 Å². The summed E-state index contributed by atoms with van der Waals surface area (Å²) in [5, 5.41) is 0. The van der Waals surface area contributed by atoms with Gasteiger partial charge in [0.2, 0.25) is 0 Å². The standard InChI is InChI=1S/C18H23NO.C13H12.2H2/c1-2-16(20)12-13-5-3-7-15(11-13)18-17-8-4-6-14(17)9-10-19-18;1-3-7-12(8-4-1)11-13-9-5-2-6-10-13;;/h4,8-10,13,15H,2-3,5-7,11-12H2,1H3;1-10H,11H2;2*1H/t13-,15?;;;/m1.../s1. The van der Waals surface area contributed by atoms with Gasteiger partial charge in [0.15, 0.2) is 0 Å². The van der Waals surface area contributed by atoms with Gasteiger partial charge in [-0.1, -0.05) is 86.2 Å². The molecule has 0 aliphatic heterocycles. The Hall–Kier alpha value is -3.00. The van der Waals surface area contributed by atoms with Gasteiger partial charge in [0.05, 0.1) is 5.69 Å². The maximum absolute atomic E-state index is 11.7. The SMILES string of the molecule is CCC(=O)C[C@@H]1CCCC(c2nccc3c2C=CC3)C1.[HH].[HH].c1ccc(Cc2ccccc2)cc1. The monoisotopic (exact) mass is 441 g/mol. The molecular formula is C31H39NO. The molecule has 1 saturated carbocycles. The van der Waals surface area contributed by atoms with Crippen LogP contribution >= 0.6 is 0 Å². The number of nitrogens with zero attached hydrogens (tertiary/aromatic N) is 1. The first-order chi connectivity index (χ1) is 16.2. The third kappa shape index (κ3) is 6.51. The Morgan fingerprint density at radius 3 is 2.33 bits per heavy atom. The molecule has 1 heterocycles. The number of fused-ring (bicyclic) bond motifs is 1. The summed E-state index contributed by atoms with van der Waals surface area (Å²) in [7, 11) is 0. The van der Waals surface area contributed by atoms with Gasteiger partial charge < -0.3 is 0 Å². The van der Waals surface area contributed by atoms with Gasteiger partial charge in [-0.25, -0.2) is 0 Å². The van der Waals surface area contributed by atoms with E-state index in [0.717, 1.165) is 25.7 Å². The average Bonchev–Trinajstić information content (AvgIpc) is 3.35. The Labute approximate surface area is 201 Å². The van der Waals surface area contributed by atoms with E-state index in [9.17, 15) is 4.79 Å². The highest BCUT2D eigenvalue weighted by atomic mass is 16.1. The molecule has 2 aliphatic carbocycles. The van der Waals surface area contributed by atoms with Crippen molar-refractivity contribution in [2.75, 3.05) is 0 Å². The highest BCUT2D eigenvalue weighted by Gasteiger charge is 2.27. The predicted molar refractivity (Wildman–Crippen MR) is 142 cm³/mol. The predicted octanol–water partition coefficient (Wildman–Crippen LogP) is 8.06. The van der Waals surface area contributed by atoms with Crippen LogP contribution in [0.15, 0.2) is 79.0 Å². The van der Waals surface area contributed by atoms with Crippen molar-refractivity contribution in [3.05, 3.63) is 107 Å². The number of carbonyl (C=O) groups excluding carboxylic acids is 1. The van der Waals surface area contributed by atoms with E-state index >= 15 is 0 Å². The van der Waals surface area contributed by atoms with E-state index < -0.39 is 0 Å². The van der Waals surface area contributed by atoms with Gasteiger partial charge in [-0.2, -0.15) is 0 Å². The number of rotatable bonds is 6. The number of benzene rings is 2. The lowest BCUT2D eigenvalue weighted by molar-refractivity contribution is -0.119. The average molecular weight is 442 g/mol. The number of carbonyl (C=O) groups is 1. The summed E-state index contributed by atoms with van der Waals surface area (Å²) in [6, 6.07) is 23.2. The topological polar surface area (TPSA) is 30.0 Å². The number of aromatic nitrogens is 1. The van der Waals surface area contributed by atoms with E-state index in [1.54, 1.807) is 0 Å². The molecule has 1 aromatic heterocycles. The van der Waals surface area contributed by atoms with Crippen LogP contribution in [0.1, 0.15) is 82.2 Å². The zero-order chi connectivity index (χ0) is 22.9. The Morgan fingerprint density at radius 1 is 0.970 bits per heavy atom. The van der Waals surface area contributed by atoms with Gasteiger partial charge in [-0.15, -0.1) is 0 Å². The summed E-state index contributed by atoms with van der Waals surface area (Å²) in [4.78, 5) is 16.4. The van der Waals surface area contributed by atoms with Crippen LogP contribution in [-0.4, -0.2) is 10.8 Å². The first kappa shape index (κ1) is 23.2. The van der Waals surface area contributed by atoms with E-state index in [-0.39, 0.29) is 2.85 Å². The van der Waals surface area contributed by atoms with E-state index in [4.69, 9.17) is 0 Å². The lowest BCUT2D eigenvalue weighted by atomic mass is 9.76. The van der Waals surface area contributed by atoms with Gasteiger partial charge >= 0.3 is 0 Å². The number of pyridine rings is 1. The van der Waals surface area contributed by atoms with Gasteiger partial charge in [0.1, 0.15) is 5.78 Å². The Balaban J connectivity index is 0.000000252. The van der Waals surface area contributed by atoms with E-state index in [1.165, 1.54) is 47.2 Å². The Morgan fingerprint density at radius 2 is 1.67 bits per heavy atom. The first-order valence-corrected chi connectivity index (χ1v) is 12.5. The van der Waals surface area contributed by atoms with Crippen molar-refractivity contribution in [3.8, 4) is 0 Å². The van der Waals surface area contributed by atoms with Crippen molar-refractivity contribution in [3.63, 3.8) is 0 Å². The summed E-state index contributed by atoms with van der Waals surface area (Å²) in [5.74, 6) is 1.54. The smallest absolute Gasteiger partial charge is 0.132 e. The summed E-state index contributed by atoms with van der Waals surface area (Å²) in [6.07, 6.45) is 14.8. The zero-order valence-corrected chi connectivity index (χ0v) is 19.7. The third-order valence-electron chi connectivity index (χ3n) is 6.91. The molecule has 0 radical (unpaired) electrons. The fraction of sp³-hybridized carbons (Fsp3) is 0.355.